The topological polar surface area (TPSA) is 75.7 Å². The summed E-state index contributed by atoms with van der Waals surface area (Å²) in [5.74, 6) is -0.689. The number of aryl methyl sites for hydroxylation is 2. The highest BCUT2D eigenvalue weighted by molar-refractivity contribution is 6.39. The lowest BCUT2D eigenvalue weighted by atomic mass is 10.0. The molecule has 3 aromatic rings. The third kappa shape index (κ3) is 4.85. The SMILES string of the molecule is CCc1ccccc1N1C(=O)NC(=O)/C(=C/c2ccc(OCc3cccc(C)c3)cc2)C1=O. The van der Waals surface area contributed by atoms with Gasteiger partial charge in [0.2, 0.25) is 0 Å². The lowest BCUT2D eigenvalue weighted by Gasteiger charge is -2.27. The van der Waals surface area contributed by atoms with Crippen LogP contribution in [0.4, 0.5) is 10.5 Å². The molecule has 1 aliphatic rings. The molecule has 3 aromatic carbocycles. The largest absolute Gasteiger partial charge is 0.489 e. The summed E-state index contributed by atoms with van der Waals surface area (Å²) >= 11 is 0. The van der Waals surface area contributed by atoms with E-state index in [1.807, 2.05) is 44.2 Å². The third-order valence-electron chi connectivity index (χ3n) is 5.39. The molecule has 166 valence electrons. The highest BCUT2D eigenvalue weighted by Crippen LogP contribution is 2.26. The maximum absolute atomic E-state index is 13.1. The van der Waals surface area contributed by atoms with E-state index in [1.165, 1.54) is 11.6 Å². The van der Waals surface area contributed by atoms with Gasteiger partial charge in [0.25, 0.3) is 11.8 Å². The molecule has 4 rings (SSSR count). The first kappa shape index (κ1) is 22.0. The van der Waals surface area contributed by atoms with Gasteiger partial charge in [-0.05, 0) is 54.3 Å². The molecule has 33 heavy (non-hydrogen) atoms. The Labute approximate surface area is 192 Å². The van der Waals surface area contributed by atoms with E-state index in [1.54, 1.807) is 36.4 Å². The highest BCUT2D eigenvalue weighted by atomic mass is 16.5. The standard InChI is InChI=1S/C27H24N2O4/c1-3-21-9-4-5-10-24(21)29-26(31)23(25(30)28-27(29)32)16-19-11-13-22(14-12-19)33-17-20-8-6-7-18(2)15-20/h4-16H,3,17H2,1-2H3,(H,28,30,32)/b23-16-. The molecule has 0 aliphatic carbocycles. The third-order valence-corrected chi connectivity index (χ3v) is 5.39. The van der Waals surface area contributed by atoms with Crippen LogP contribution in [0.5, 0.6) is 5.75 Å². The van der Waals surface area contributed by atoms with Crippen molar-refractivity contribution < 1.29 is 19.1 Å². The summed E-state index contributed by atoms with van der Waals surface area (Å²) in [5.41, 5.74) is 4.10. The number of para-hydroxylation sites is 1. The van der Waals surface area contributed by atoms with Crippen molar-refractivity contribution in [3.05, 3.63) is 101 Å². The van der Waals surface area contributed by atoms with Crippen molar-refractivity contribution in [3.8, 4) is 5.75 Å². The van der Waals surface area contributed by atoms with Crippen molar-refractivity contribution >= 4 is 29.6 Å². The second kappa shape index (κ2) is 9.53. The molecule has 0 aromatic heterocycles. The zero-order chi connectivity index (χ0) is 23.4. The second-order valence-corrected chi connectivity index (χ2v) is 7.79. The van der Waals surface area contributed by atoms with E-state index in [-0.39, 0.29) is 5.57 Å². The Kier molecular flexibility index (Phi) is 6.36. The molecule has 1 saturated heterocycles. The van der Waals surface area contributed by atoms with Crippen LogP contribution in [0.1, 0.15) is 29.2 Å². The lowest BCUT2D eigenvalue weighted by molar-refractivity contribution is -0.122. The molecule has 6 nitrogen and oxygen atoms in total. The van der Waals surface area contributed by atoms with Crippen molar-refractivity contribution in [2.75, 3.05) is 4.90 Å². The van der Waals surface area contributed by atoms with E-state index in [2.05, 4.69) is 11.4 Å². The van der Waals surface area contributed by atoms with Gasteiger partial charge in [0.15, 0.2) is 0 Å². The fourth-order valence-electron chi connectivity index (χ4n) is 3.70. The Hall–Kier alpha value is -4.19. The van der Waals surface area contributed by atoms with E-state index >= 15 is 0 Å². The van der Waals surface area contributed by atoms with E-state index in [9.17, 15) is 14.4 Å². The number of barbiturate groups is 1. The average Bonchev–Trinajstić information content (AvgIpc) is 2.81. The molecule has 0 spiro atoms. The molecule has 6 heteroatoms. The summed E-state index contributed by atoms with van der Waals surface area (Å²) in [5, 5.41) is 2.27. The number of nitrogens with zero attached hydrogens (tertiary/aromatic N) is 1. The van der Waals surface area contributed by atoms with Crippen molar-refractivity contribution in [2.45, 2.75) is 26.9 Å². The number of benzene rings is 3. The van der Waals surface area contributed by atoms with Gasteiger partial charge in [-0.2, -0.15) is 0 Å². The number of ether oxygens (including phenoxy) is 1. The molecule has 0 radical (unpaired) electrons. The monoisotopic (exact) mass is 440 g/mol. The quantitative estimate of drug-likeness (QED) is 0.441. The Morgan fingerprint density at radius 1 is 0.939 bits per heavy atom. The number of urea groups is 1. The minimum atomic E-state index is -0.747. The smallest absolute Gasteiger partial charge is 0.335 e. The molecule has 1 N–H and O–H groups in total. The summed E-state index contributed by atoms with van der Waals surface area (Å²) in [6.45, 7) is 4.41. The van der Waals surface area contributed by atoms with E-state index in [4.69, 9.17) is 4.74 Å². The zero-order valence-electron chi connectivity index (χ0n) is 18.5. The summed E-state index contributed by atoms with van der Waals surface area (Å²) < 4.78 is 5.83. The first-order valence-electron chi connectivity index (χ1n) is 10.7. The number of carbonyl (C=O) groups excluding carboxylic acids is 3. The summed E-state index contributed by atoms with van der Waals surface area (Å²) in [4.78, 5) is 39.0. The van der Waals surface area contributed by atoms with Crippen LogP contribution in [0, 0.1) is 6.92 Å². The summed E-state index contributed by atoms with van der Waals surface area (Å²) in [6, 6.07) is 21.6. The normalized spacial score (nSPS) is 15.0. The molecule has 1 fully saturated rings. The number of imide groups is 2. The number of anilines is 1. The average molecular weight is 440 g/mol. The van der Waals surface area contributed by atoms with Gasteiger partial charge >= 0.3 is 6.03 Å². The van der Waals surface area contributed by atoms with E-state index in [0.717, 1.165) is 16.0 Å². The number of carbonyl (C=O) groups is 3. The molecule has 0 atom stereocenters. The van der Waals surface area contributed by atoms with Crippen molar-refractivity contribution in [2.24, 2.45) is 0 Å². The van der Waals surface area contributed by atoms with Crippen LogP contribution >= 0.6 is 0 Å². The van der Waals surface area contributed by atoms with E-state index < -0.39 is 17.8 Å². The lowest BCUT2D eigenvalue weighted by Crippen LogP contribution is -2.54. The number of rotatable bonds is 6. The van der Waals surface area contributed by atoms with Crippen LogP contribution in [0.2, 0.25) is 0 Å². The van der Waals surface area contributed by atoms with Gasteiger partial charge in [-0.25, -0.2) is 9.69 Å². The molecule has 1 aliphatic heterocycles. The minimum absolute atomic E-state index is 0.103. The molecule has 0 unspecified atom stereocenters. The van der Waals surface area contributed by atoms with Crippen LogP contribution in [-0.4, -0.2) is 17.8 Å². The molecular formula is C27H24N2O4. The van der Waals surface area contributed by atoms with Gasteiger partial charge in [0.05, 0.1) is 5.69 Å². The minimum Gasteiger partial charge on any atom is -0.489 e. The Morgan fingerprint density at radius 3 is 2.42 bits per heavy atom. The van der Waals surface area contributed by atoms with E-state index in [0.29, 0.717) is 30.0 Å². The number of nitrogens with one attached hydrogen (secondary N) is 1. The number of hydrogen-bond acceptors (Lipinski definition) is 4. The second-order valence-electron chi connectivity index (χ2n) is 7.79. The van der Waals surface area contributed by atoms with Crippen molar-refractivity contribution in [1.29, 1.82) is 0 Å². The van der Waals surface area contributed by atoms with Crippen LogP contribution < -0.4 is 15.0 Å². The highest BCUT2D eigenvalue weighted by Gasteiger charge is 2.37. The molecule has 0 bridgehead atoms. The van der Waals surface area contributed by atoms with Gasteiger partial charge in [-0.1, -0.05) is 67.1 Å². The van der Waals surface area contributed by atoms with Crippen molar-refractivity contribution in [3.63, 3.8) is 0 Å². The predicted molar refractivity (Wildman–Crippen MR) is 127 cm³/mol. The Bertz CT molecular complexity index is 1240. The van der Waals surface area contributed by atoms with Gasteiger partial charge in [0.1, 0.15) is 17.9 Å². The Balaban J connectivity index is 1.54. The van der Waals surface area contributed by atoms with Crippen LogP contribution in [-0.2, 0) is 22.6 Å². The maximum Gasteiger partial charge on any atom is 0.335 e. The Morgan fingerprint density at radius 2 is 1.70 bits per heavy atom. The van der Waals surface area contributed by atoms with Crippen LogP contribution in [0.25, 0.3) is 6.08 Å². The fraction of sp³-hybridized carbons (Fsp3) is 0.148. The molecule has 4 amide bonds. The zero-order valence-corrected chi connectivity index (χ0v) is 18.5. The fourth-order valence-corrected chi connectivity index (χ4v) is 3.70. The number of amides is 4. The first-order valence-corrected chi connectivity index (χ1v) is 10.7. The van der Waals surface area contributed by atoms with Crippen LogP contribution in [0.3, 0.4) is 0 Å². The first-order chi connectivity index (χ1) is 16.0. The van der Waals surface area contributed by atoms with Crippen molar-refractivity contribution in [1.82, 2.24) is 5.32 Å². The van der Waals surface area contributed by atoms with Gasteiger partial charge in [0, 0.05) is 0 Å². The maximum atomic E-state index is 13.1. The summed E-state index contributed by atoms with van der Waals surface area (Å²) in [6.07, 6.45) is 2.13. The molecular weight excluding hydrogens is 416 g/mol. The van der Waals surface area contributed by atoms with Gasteiger partial charge < -0.3 is 4.74 Å². The van der Waals surface area contributed by atoms with Gasteiger partial charge in [-0.3, -0.25) is 14.9 Å². The molecule has 1 heterocycles. The van der Waals surface area contributed by atoms with Crippen LogP contribution in [0.15, 0.2) is 78.4 Å². The van der Waals surface area contributed by atoms with Gasteiger partial charge in [-0.15, -0.1) is 0 Å². The number of hydrogen-bond donors (Lipinski definition) is 1. The molecule has 0 saturated carbocycles. The summed E-state index contributed by atoms with van der Waals surface area (Å²) in [7, 11) is 0. The predicted octanol–water partition coefficient (Wildman–Crippen LogP) is 4.80.